The topological polar surface area (TPSA) is 89.5 Å². The number of pyridine rings is 1. The maximum Gasteiger partial charge on any atom is 0.267 e. The van der Waals surface area contributed by atoms with Gasteiger partial charge in [0.2, 0.25) is 0 Å². The molecule has 2 fully saturated rings. The fraction of sp³-hybridized carbons (Fsp3) is 0.323. The highest BCUT2D eigenvalue weighted by Gasteiger charge is 2.19. The van der Waals surface area contributed by atoms with Gasteiger partial charge in [-0.05, 0) is 73.5 Å². The molecule has 3 heterocycles. The van der Waals surface area contributed by atoms with Crippen molar-refractivity contribution in [3.8, 4) is 6.07 Å². The van der Waals surface area contributed by atoms with Gasteiger partial charge in [0.25, 0.3) is 5.91 Å². The lowest BCUT2D eigenvalue weighted by atomic mass is 10.1. The van der Waals surface area contributed by atoms with Crippen molar-refractivity contribution < 1.29 is 9.18 Å². The van der Waals surface area contributed by atoms with Crippen LogP contribution in [0.1, 0.15) is 45.6 Å². The molecule has 0 unspecified atom stereocenters. The van der Waals surface area contributed by atoms with Crippen LogP contribution in [0.5, 0.6) is 0 Å². The molecular weight excluding hydrogens is 491 g/mol. The minimum absolute atomic E-state index is 0.208. The van der Waals surface area contributed by atoms with Crippen molar-refractivity contribution in [1.29, 1.82) is 5.26 Å². The molecule has 0 atom stereocenters. The Bertz CT molecular complexity index is 1270. The SMILES string of the molecule is C=C(c1ccc(C(N)=O)nc1)N1CCN(Cc2ccc(F)cc2)CC1.N#Cc1ccc(CN2CCCC2)cc1. The summed E-state index contributed by atoms with van der Waals surface area (Å²) in [6.45, 7) is 12.0. The molecule has 5 rings (SSSR count). The van der Waals surface area contributed by atoms with E-state index in [1.807, 2.05) is 30.3 Å². The number of nitrogens with zero attached hydrogens (tertiary/aromatic N) is 5. The van der Waals surface area contributed by atoms with E-state index >= 15 is 0 Å². The lowest BCUT2D eigenvalue weighted by molar-refractivity contribution is 0.0995. The molecule has 0 spiro atoms. The van der Waals surface area contributed by atoms with Crippen molar-refractivity contribution in [2.45, 2.75) is 25.9 Å². The van der Waals surface area contributed by atoms with Gasteiger partial charge in [-0.3, -0.25) is 19.6 Å². The molecule has 2 N–H and O–H groups in total. The summed E-state index contributed by atoms with van der Waals surface area (Å²) in [7, 11) is 0. The molecule has 7 nitrogen and oxygen atoms in total. The molecule has 1 aromatic heterocycles. The molecule has 202 valence electrons. The first-order valence-corrected chi connectivity index (χ1v) is 13.3. The molecule has 1 amide bonds. The van der Waals surface area contributed by atoms with Gasteiger partial charge in [0, 0.05) is 56.7 Å². The number of halogens is 1. The summed E-state index contributed by atoms with van der Waals surface area (Å²) >= 11 is 0. The Morgan fingerprint density at radius 3 is 1.95 bits per heavy atom. The van der Waals surface area contributed by atoms with Crippen molar-refractivity contribution in [2.75, 3.05) is 39.3 Å². The Kier molecular flexibility index (Phi) is 9.79. The molecule has 3 aromatic rings. The number of benzene rings is 2. The molecule has 2 aliphatic heterocycles. The predicted molar refractivity (Wildman–Crippen MR) is 151 cm³/mol. The molecule has 2 aliphatic rings. The molecule has 0 radical (unpaired) electrons. The molecular formula is C31H35FN6O. The molecule has 0 saturated carbocycles. The van der Waals surface area contributed by atoms with E-state index in [1.54, 1.807) is 12.3 Å². The van der Waals surface area contributed by atoms with E-state index in [0.29, 0.717) is 0 Å². The van der Waals surface area contributed by atoms with Gasteiger partial charge in [0.05, 0.1) is 11.6 Å². The number of primary amides is 1. The minimum atomic E-state index is -0.536. The van der Waals surface area contributed by atoms with Crippen LogP contribution in [0.3, 0.4) is 0 Å². The van der Waals surface area contributed by atoms with Crippen LogP contribution in [0.25, 0.3) is 5.70 Å². The Morgan fingerprint density at radius 1 is 0.872 bits per heavy atom. The van der Waals surface area contributed by atoms with Crippen LogP contribution in [-0.2, 0) is 13.1 Å². The maximum atomic E-state index is 13.0. The van der Waals surface area contributed by atoms with Crippen LogP contribution < -0.4 is 5.73 Å². The summed E-state index contributed by atoms with van der Waals surface area (Å²) in [6, 6.07) is 20.1. The van der Waals surface area contributed by atoms with Crippen molar-refractivity contribution in [3.05, 3.63) is 107 Å². The first-order valence-electron chi connectivity index (χ1n) is 13.3. The van der Waals surface area contributed by atoms with Crippen molar-refractivity contribution >= 4 is 11.6 Å². The largest absolute Gasteiger partial charge is 0.369 e. The zero-order valence-electron chi connectivity index (χ0n) is 22.2. The van der Waals surface area contributed by atoms with E-state index in [0.717, 1.165) is 61.7 Å². The van der Waals surface area contributed by atoms with Crippen LogP contribution in [-0.4, -0.2) is 64.9 Å². The fourth-order valence-electron chi connectivity index (χ4n) is 4.80. The number of rotatable bonds is 7. The lowest BCUT2D eigenvalue weighted by Crippen LogP contribution is -2.44. The summed E-state index contributed by atoms with van der Waals surface area (Å²) in [5.74, 6) is -0.743. The number of nitriles is 1. The summed E-state index contributed by atoms with van der Waals surface area (Å²) in [5.41, 5.74) is 10.4. The number of nitrogens with two attached hydrogens (primary N) is 1. The van der Waals surface area contributed by atoms with E-state index in [9.17, 15) is 9.18 Å². The monoisotopic (exact) mass is 526 g/mol. The standard InChI is InChI=1S/C19H21FN4O.C12H14N2/c1-14(16-4-7-18(19(21)25)22-12-16)24-10-8-23(9-11-24)13-15-2-5-17(20)6-3-15;13-9-11-3-5-12(6-4-11)10-14-7-1-2-8-14/h2-7,12H,1,8-11,13H2,(H2,21,25);3-6H,1-2,7-8,10H2. The van der Waals surface area contributed by atoms with Crippen LogP contribution in [0.2, 0.25) is 0 Å². The second-order valence-corrected chi connectivity index (χ2v) is 9.92. The fourth-order valence-corrected chi connectivity index (χ4v) is 4.80. The third-order valence-electron chi connectivity index (χ3n) is 7.11. The van der Waals surface area contributed by atoms with Gasteiger partial charge in [-0.1, -0.05) is 30.8 Å². The van der Waals surface area contributed by atoms with Crippen LogP contribution in [0, 0.1) is 17.1 Å². The van der Waals surface area contributed by atoms with Crippen LogP contribution in [0.15, 0.2) is 73.4 Å². The number of piperazine rings is 1. The Morgan fingerprint density at radius 2 is 1.44 bits per heavy atom. The number of carbonyl (C=O) groups excluding carboxylic acids is 1. The Hall–Kier alpha value is -4.06. The smallest absolute Gasteiger partial charge is 0.267 e. The third-order valence-corrected chi connectivity index (χ3v) is 7.11. The van der Waals surface area contributed by atoms with E-state index < -0.39 is 5.91 Å². The third kappa shape index (κ3) is 8.21. The normalized spacial score (nSPS) is 15.7. The van der Waals surface area contributed by atoms with E-state index in [2.05, 4.69) is 44.5 Å². The van der Waals surface area contributed by atoms with Gasteiger partial charge < -0.3 is 10.6 Å². The number of carbonyl (C=O) groups is 1. The summed E-state index contributed by atoms with van der Waals surface area (Å²) in [5, 5.41) is 8.65. The zero-order chi connectivity index (χ0) is 27.6. The number of likely N-dealkylation sites (tertiary alicyclic amines) is 1. The minimum Gasteiger partial charge on any atom is -0.369 e. The van der Waals surface area contributed by atoms with Crippen LogP contribution in [0.4, 0.5) is 4.39 Å². The molecule has 2 aromatic carbocycles. The highest BCUT2D eigenvalue weighted by Crippen LogP contribution is 2.20. The molecule has 39 heavy (non-hydrogen) atoms. The number of amides is 1. The maximum absolute atomic E-state index is 13.0. The van der Waals surface area contributed by atoms with Gasteiger partial charge in [-0.2, -0.15) is 5.26 Å². The van der Waals surface area contributed by atoms with Crippen LogP contribution >= 0.6 is 0 Å². The van der Waals surface area contributed by atoms with E-state index in [4.69, 9.17) is 11.0 Å². The predicted octanol–water partition coefficient (Wildman–Crippen LogP) is 4.26. The summed E-state index contributed by atoms with van der Waals surface area (Å²) < 4.78 is 13.0. The molecule has 8 heteroatoms. The number of hydrogen-bond acceptors (Lipinski definition) is 6. The molecule has 2 saturated heterocycles. The van der Waals surface area contributed by atoms with Gasteiger partial charge >= 0.3 is 0 Å². The Balaban J connectivity index is 0.000000212. The lowest BCUT2D eigenvalue weighted by Gasteiger charge is -2.37. The zero-order valence-corrected chi connectivity index (χ0v) is 22.2. The highest BCUT2D eigenvalue weighted by molar-refractivity contribution is 5.90. The molecule has 0 bridgehead atoms. The number of aromatic nitrogens is 1. The Labute approximate surface area is 230 Å². The first-order chi connectivity index (χ1) is 18.9. The average Bonchev–Trinajstić information content (AvgIpc) is 3.48. The van der Waals surface area contributed by atoms with Crippen molar-refractivity contribution in [2.24, 2.45) is 5.73 Å². The second-order valence-electron chi connectivity index (χ2n) is 9.92. The summed E-state index contributed by atoms with van der Waals surface area (Å²) in [4.78, 5) is 22.2. The van der Waals surface area contributed by atoms with Gasteiger partial charge in [-0.15, -0.1) is 0 Å². The van der Waals surface area contributed by atoms with Gasteiger partial charge in [-0.25, -0.2) is 4.39 Å². The molecule has 0 aliphatic carbocycles. The number of hydrogen-bond donors (Lipinski definition) is 1. The van der Waals surface area contributed by atoms with Crippen molar-refractivity contribution in [3.63, 3.8) is 0 Å². The van der Waals surface area contributed by atoms with Crippen molar-refractivity contribution in [1.82, 2.24) is 19.7 Å². The second kappa shape index (κ2) is 13.7. The van der Waals surface area contributed by atoms with Gasteiger partial charge in [0.15, 0.2) is 0 Å². The first kappa shape index (κ1) is 28.0. The highest BCUT2D eigenvalue weighted by atomic mass is 19.1. The quantitative estimate of drug-likeness (QED) is 0.495. The summed E-state index contributed by atoms with van der Waals surface area (Å²) in [6.07, 6.45) is 4.29. The van der Waals surface area contributed by atoms with E-state index in [-0.39, 0.29) is 11.5 Å². The van der Waals surface area contributed by atoms with E-state index in [1.165, 1.54) is 43.6 Å². The average molecular weight is 527 g/mol. The van der Waals surface area contributed by atoms with Gasteiger partial charge in [0.1, 0.15) is 11.5 Å².